The average molecular weight is 376 g/mol. The normalized spacial score (nSPS) is 10.5. The van der Waals surface area contributed by atoms with Crippen molar-refractivity contribution in [2.75, 3.05) is 19.0 Å². The van der Waals surface area contributed by atoms with E-state index in [2.05, 4.69) is 29.5 Å². The Kier molecular flexibility index (Phi) is 6.97. The fourth-order valence-electron chi connectivity index (χ4n) is 2.23. The number of amides is 2. The van der Waals surface area contributed by atoms with Crippen LogP contribution in [0.1, 0.15) is 41.1 Å². The lowest BCUT2D eigenvalue weighted by Crippen LogP contribution is -2.26. The van der Waals surface area contributed by atoms with E-state index in [9.17, 15) is 9.59 Å². The van der Waals surface area contributed by atoms with Crippen LogP contribution in [0.4, 0.5) is 5.69 Å². The highest BCUT2D eigenvalue weighted by molar-refractivity contribution is 6.31. The van der Waals surface area contributed by atoms with Crippen LogP contribution >= 0.6 is 11.6 Å². The summed E-state index contributed by atoms with van der Waals surface area (Å²) >= 11 is 5.97. The second kappa shape index (κ2) is 9.20. The van der Waals surface area contributed by atoms with E-state index in [1.165, 1.54) is 25.4 Å². The number of benzene rings is 1. The van der Waals surface area contributed by atoms with E-state index in [4.69, 9.17) is 16.3 Å². The zero-order chi connectivity index (χ0) is 19.1. The Morgan fingerprint density at radius 1 is 1.19 bits per heavy atom. The number of nitrogens with one attached hydrogen (secondary N) is 2. The van der Waals surface area contributed by atoms with Gasteiger partial charge in [0.2, 0.25) is 0 Å². The Morgan fingerprint density at radius 3 is 2.65 bits per heavy atom. The summed E-state index contributed by atoms with van der Waals surface area (Å²) in [5, 5.41) is 6.01. The van der Waals surface area contributed by atoms with Gasteiger partial charge in [-0.2, -0.15) is 0 Å². The Morgan fingerprint density at radius 2 is 1.96 bits per heavy atom. The number of carbonyl (C=O) groups is 2. The summed E-state index contributed by atoms with van der Waals surface area (Å²) in [5.74, 6) is 0.293. The van der Waals surface area contributed by atoms with Crippen LogP contribution in [-0.2, 0) is 0 Å². The SMILES string of the molecule is COc1ccc(Cl)cc1NC(=O)c1ccnc(C(=O)NCCC(C)C)c1. The lowest BCUT2D eigenvalue weighted by Gasteiger charge is -2.11. The van der Waals surface area contributed by atoms with Gasteiger partial charge in [0.1, 0.15) is 11.4 Å². The number of pyridine rings is 1. The summed E-state index contributed by atoms with van der Waals surface area (Å²) in [7, 11) is 1.50. The van der Waals surface area contributed by atoms with Crippen molar-refractivity contribution in [1.82, 2.24) is 10.3 Å². The van der Waals surface area contributed by atoms with Crippen LogP contribution in [0.3, 0.4) is 0 Å². The first-order valence-corrected chi connectivity index (χ1v) is 8.67. The van der Waals surface area contributed by atoms with Crippen LogP contribution in [0.2, 0.25) is 5.02 Å². The smallest absolute Gasteiger partial charge is 0.269 e. The molecule has 1 aromatic carbocycles. The molecule has 0 atom stereocenters. The lowest BCUT2D eigenvalue weighted by molar-refractivity contribution is 0.0947. The maximum absolute atomic E-state index is 12.5. The Hall–Kier alpha value is -2.60. The van der Waals surface area contributed by atoms with Gasteiger partial charge >= 0.3 is 0 Å². The van der Waals surface area contributed by atoms with Crippen molar-refractivity contribution in [3.8, 4) is 5.75 Å². The van der Waals surface area contributed by atoms with E-state index >= 15 is 0 Å². The van der Waals surface area contributed by atoms with Crippen molar-refractivity contribution >= 4 is 29.1 Å². The van der Waals surface area contributed by atoms with Gasteiger partial charge in [0.25, 0.3) is 11.8 Å². The van der Waals surface area contributed by atoms with Gasteiger partial charge in [0.05, 0.1) is 12.8 Å². The quantitative estimate of drug-likeness (QED) is 0.771. The van der Waals surface area contributed by atoms with E-state index in [1.807, 2.05) is 0 Å². The maximum Gasteiger partial charge on any atom is 0.269 e. The Bertz CT molecular complexity index is 793. The summed E-state index contributed by atoms with van der Waals surface area (Å²) in [6.07, 6.45) is 2.31. The van der Waals surface area contributed by atoms with Crippen molar-refractivity contribution in [2.45, 2.75) is 20.3 Å². The number of halogens is 1. The highest BCUT2D eigenvalue weighted by atomic mass is 35.5. The van der Waals surface area contributed by atoms with Gasteiger partial charge in [-0.05, 0) is 42.7 Å². The molecule has 1 heterocycles. The third-order valence-corrected chi connectivity index (χ3v) is 3.91. The third-order valence-electron chi connectivity index (χ3n) is 3.67. The van der Waals surface area contributed by atoms with Crippen LogP contribution in [0.25, 0.3) is 0 Å². The highest BCUT2D eigenvalue weighted by Gasteiger charge is 2.14. The fourth-order valence-corrected chi connectivity index (χ4v) is 2.41. The molecule has 0 aliphatic rings. The first-order valence-electron chi connectivity index (χ1n) is 8.30. The molecule has 0 spiro atoms. The summed E-state index contributed by atoms with van der Waals surface area (Å²) in [6.45, 7) is 4.73. The number of rotatable bonds is 7. The number of ether oxygens (including phenoxy) is 1. The molecular formula is C19H22ClN3O3. The van der Waals surface area contributed by atoms with Gasteiger partial charge in [-0.15, -0.1) is 0 Å². The molecule has 0 radical (unpaired) electrons. The number of carbonyl (C=O) groups excluding carboxylic acids is 2. The average Bonchev–Trinajstić information content (AvgIpc) is 2.61. The number of aromatic nitrogens is 1. The number of hydrogen-bond donors (Lipinski definition) is 2. The molecule has 1 aromatic heterocycles. The van der Waals surface area contributed by atoms with Crippen molar-refractivity contribution in [3.63, 3.8) is 0 Å². The molecule has 6 nitrogen and oxygen atoms in total. The summed E-state index contributed by atoms with van der Waals surface area (Å²) < 4.78 is 5.21. The van der Waals surface area contributed by atoms with E-state index in [0.717, 1.165) is 6.42 Å². The van der Waals surface area contributed by atoms with Crippen LogP contribution in [-0.4, -0.2) is 30.5 Å². The Labute approximate surface area is 157 Å². The van der Waals surface area contributed by atoms with Crippen LogP contribution in [0, 0.1) is 5.92 Å². The minimum Gasteiger partial charge on any atom is -0.495 e. The second-order valence-corrected chi connectivity index (χ2v) is 6.60. The first-order chi connectivity index (χ1) is 12.4. The molecule has 0 saturated carbocycles. The van der Waals surface area contributed by atoms with Crippen LogP contribution in [0.15, 0.2) is 36.5 Å². The zero-order valence-corrected chi connectivity index (χ0v) is 15.8. The van der Waals surface area contributed by atoms with Crippen molar-refractivity contribution in [3.05, 3.63) is 52.8 Å². The monoisotopic (exact) mass is 375 g/mol. The molecular weight excluding hydrogens is 354 g/mol. The van der Waals surface area contributed by atoms with Gasteiger partial charge in [0, 0.05) is 23.3 Å². The minimum atomic E-state index is -0.385. The van der Waals surface area contributed by atoms with E-state index < -0.39 is 0 Å². The summed E-state index contributed by atoms with van der Waals surface area (Å²) in [5.41, 5.74) is 0.959. The lowest BCUT2D eigenvalue weighted by atomic mass is 10.1. The fraction of sp³-hybridized carbons (Fsp3) is 0.316. The van der Waals surface area contributed by atoms with Gasteiger partial charge in [-0.25, -0.2) is 0 Å². The van der Waals surface area contributed by atoms with Crippen molar-refractivity contribution in [1.29, 1.82) is 0 Å². The number of nitrogens with zero attached hydrogens (tertiary/aromatic N) is 1. The van der Waals surface area contributed by atoms with Gasteiger partial charge in [-0.3, -0.25) is 14.6 Å². The molecule has 0 saturated heterocycles. The molecule has 0 bridgehead atoms. The largest absolute Gasteiger partial charge is 0.495 e. The Balaban J connectivity index is 2.10. The van der Waals surface area contributed by atoms with Crippen LogP contribution in [0.5, 0.6) is 5.75 Å². The van der Waals surface area contributed by atoms with Crippen molar-refractivity contribution < 1.29 is 14.3 Å². The summed E-state index contributed by atoms with van der Waals surface area (Å²) in [6, 6.07) is 7.92. The molecule has 26 heavy (non-hydrogen) atoms. The molecule has 7 heteroatoms. The zero-order valence-electron chi connectivity index (χ0n) is 15.0. The topological polar surface area (TPSA) is 80.3 Å². The molecule has 0 aliphatic carbocycles. The van der Waals surface area contributed by atoms with Crippen molar-refractivity contribution in [2.24, 2.45) is 5.92 Å². The molecule has 2 rings (SSSR count). The first kappa shape index (κ1) is 19.7. The number of anilines is 1. The van der Waals surface area contributed by atoms with Gasteiger partial charge in [-0.1, -0.05) is 25.4 Å². The molecule has 0 fully saturated rings. The van der Waals surface area contributed by atoms with Crippen LogP contribution < -0.4 is 15.4 Å². The third kappa shape index (κ3) is 5.46. The second-order valence-electron chi connectivity index (χ2n) is 6.17. The number of methoxy groups -OCH3 is 1. The van der Waals surface area contributed by atoms with Gasteiger partial charge < -0.3 is 15.4 Å². The van der Waals surface area contributed by atoms with E-state index in [-0.39, 0.29) is 17.5 Å². The van der Waals surface area contributed by atoms with Gasteiger partial charge in [0.15, 0.2) is 0 Å². The maximum atomic E-state index is 12.5. The number of hydrogen-bond acceptors (Lipinski definition) is 4. The standard InChI is InChI=1S/C19H22ClN3O3/c1-12(2)6-8-22-19(25)16-10-13(7-9-21-16)18(24)23-15-11-14(20)4-5-17(15)26-3/h4-5,7,9-12H,6,8H2,1-3H3,(H,22,25)(H,23,24). The molecule has 2 aromatic rings. The predicted molar refractivity (Wildman–Crippen MR) is 102 cm³/mol. The van der Waals surface area contributed by atoms with E-state index in [1.54, 1.807) is 18.2 Å². The molecule has 2 N–H and O–H groups in total. The molecule has 2 amide bonds. The highest BCUT2D eigenvalue weighted by Crippen LogP contribution is 2.28. The molecule has 0 unspecified atom stereocenters. The van der Waals surface area contributed by atoms with E-state index in [0.29, 0.717) is 34.5 Å². The summed E-state index contributed by atoms with van der Waals surface area (Å²) in [4.78, 5) is 28.7. The molecule has 0 aliphatic heterocycles. The minimum absolute atomic E-state index is 0.194. The predicted octanol–water partition coefficient (Wildman–Crippen LogP) is 3.77. The molecule has 138 valence electrons.